The van der Waals surface area contributed by atoms with Crippen molar-refractivity contribution >= 4 is 11.6 Å². The van der Waals surface area contributed by atoms with E-state index in [2.05, 4.69) is 0 Å². The highest BCUT2D eigenvalue weighted by Gasteiger charge is 2.57. The van der Waals surface area contributed by atoms with E-state index in [0.29, 0.717) is 10.8 Å². The van der Waals surface area contributed by atoms with Crippen molar-refractivity contribution < 1.29 is 23.7 Å². The van der Waals surface area contributed by atoms with E-state index in [1.807, 2.05) is 0 Å². The van der Waals surface area contributed by atoms with E-state index in [1.54, 1.807) is 4.98 Å². The summed E-state index contributed by atoms with van der Waals surface area (Å²) < 4.78 is 32.4. The fraction of sp³-hybridized carbons (Fsp3) is 0.556. The van der Waals surface area contributed by atoms with E-state index in [9.17, 15) is 23.5 Å². The number of aliphatic hydroxyl groups excluding tert-OH is 2. The number of H-pyrrole nitrogens is 1. The van der Waals surface area contributed by atoms with Crippen LogP contribution in [0, 0.1) is 5.82 Å². The molecule has 0 bridgehead atoms. The predicted molar refractivity (Wildman–Crippen MR) is 58.0 cm³/mol. The fourth-order valence-corrected chi connectivity index (χ4v) is 2.05. The lowest BCUT2D eigenvalue weighted by molar-refractivity contribution is -0.0522. The van der Waals surface area contributed by atoms with Gasteiger partial charge in [-0.2, -0.15) is 4.39 Å². The molecule has 0 aromatic carbocycles. The largest absolute Gasteiger partial charge is 0.394 e. The smallest absolute Gasteiger partial charge is 0.330 e. The van der Waals surface area contributed by atoms with Gasteiger partial charge in [0.15, 0.2) is 6.23 Å². The van der Waals surface area contributed by atoms with E-state index in [-0.39, 0.29) is 0 Å². The fourth-order valence-electron chi connectivity index (χ4n) is 1.75. The second-order valence-corrected chi connectivity index (χ2v) is 4.55. The van der Waals surface area contributed by atoms with Crippen LogP contribution >= 0.6 is 11.6 Å². The van der Waals surface area contributed by atoms with Gasteiger partial charge >= 0.3 is 5.69 Å². The number of aromatic nitrogens is 2. The molecule has 0 amide bonds. The lowest BCUT2D eigenvalue weighted by Crippen LogP contribution is -2.42. The Kier molecular flexibility index (Phi) is 3.47. The number of aromatic amines is 1. The average Bonchev–Trinajstić information content (AvgIpc) is 2.56. The van der Waals surface area contributed by atoms with Crippen molar-refractivity contribution in [2.45, 2.75) is 23.6 Å². The van der Waals surface area contributed by atoms with Gasteiger partial charge in [-0.05, 0) is 0 Å². The van der Waals surface area contributed by atoms with Crippen LogP contribution in [0.5, 0.6) is 0 Å². The number of aliphatic hydroxyl groups is 2. The van der Waals surface area contributed by atoms with E-state index >= 15 is 0 Å². The second-order valence-electron chi connectivity index (χ2n) is 3.97. The molecule has 1 fully saturated rings. The van der Waals surface area contributed by atoms with Gasteiger partial charge in [-0.25, -0.2) is 9.18 Å². The summed E-state index contributed by atoms with van der Waals surface area (Å²) in [5.74, 6) is -1.35. The Bertz CT molecular complexity index is 601. The summed E-state index contributed by atoms with van der Waals surface area (Å²) in [5, 5.41) is 15.4. The highest BCUT2D eigenvalue weighted by atomic mass is 35.5. The van der Waals surface area contributed by atoms with Crippen LogP contribution in [-0.4, -0.2) is 43.7 Å². The lowest BCUT2D eigenvalue weighted by atomic mass is 10.1. The third-order valence-electron chi connectivity index (χ3n) is 2.74. The molecule has 1 aliphatic rings. The van der Waals surface area contributed by atoms with Crippen molar-refractivity contribution in [1.82, 2.24) is 9.55 Å². The normalized spacial score (nSPS) is 34.7. The van der Waals surface area contributed by atoms with Crippen molar-refractivity contribution in [3.05, 3.63) is 32.9 Å². The first kappa shape index (κ1) is 14.1. The van der Waals surface area contributed by atoms with Crippen molar-refractivity contribution in [1.29, 1.82) is 0 Å². The molecule has 106 valence electrons. The van der Waals surface area contributed by atoms with Crippen molar-refractivity contribution in [2.75, 3.05) is 6.61 Å². The minimum Gasteiger partial charge on any atom is -0.394 e. The van der Waals surface area contributed by atoms with Crippen molar-refractivity contribution in [3.63, 3.8) is 0 Å². The zero-order chi connectivity index (χ0) is 14.4. The van der Waals surface area contributed by atoms with Gasteiger partial charge in [-0.15, -0.1) is 0 Å². The van der Waals surface area contributed by atoms with Gasteiger partial charge in [-0.1, -0.05) is 11.6 Å². The molecule has 1 saturated heterocycles. The molecular weight excluding hydrogens is 290 g/mol. The summed E-state index contributed by atoms with van der Waals surface area (Å²) in [6.45, 7) is -0.753. The number of halogens is 3. The third kappa shape index (κ3) is 2.18. The van der Waals surface area contributed by atoms with Crippen LogP contribution in [0.2, 0.25) is 0 Å². The monoisotopic (exact) mass is 298 g/mol. The summed E-state index contributed by atoms with van der Waals surface area (Å²) in [4.78, 5) is 23.9. The first-order valence-electron chi connectivity index (χ1n) is 5.12. The molecule has 1 aromatic rings. The highest BCUT2D eigenvalue weighted by molar-refractivity contribution is 6.23. The molecule has 1 aliphatic heterocycles. The van der Waals surface area contributed by atoms with Crippen molar-refractivity contribution in [3.8, 4) is 0 Å². The zero-order valence-corrected chi connectivity index (χ0v) is 9.97. The molecule has 4 unspecified atom stereocenters. The Morgan fingerprint density at radius 3 is 2.74 bits per heavy atom. The van der Waals surface area contributed by atoms with Gasteiger partial charge in [0.05, 0.1) is 12.8 Å². The molecular formula is C9H9ClF2N2O5. The standard InChI is InChI=1S/C9H9ClF2N2O5/c10-9(12)5(16)4(2-15)19-7(9)14-1-3(11)6(17)13-8(14)18/h1,4-5,7,15-16H,2H2,(H,13,17,18). The van der Waals surface area contributed by atoms with Gasteiger partial charge in [0.1, 0.15) is 12.2 Å². The number of alkyl halides is 2. The van der Waals surface area contributed by atoms with E-state index in [1.165, 1.54) is 0 Å². The van der Waals surface area contributed by atoms with E-state index in [4.69, 9.17) is 21.4 Å². The van der Waals surface area contributed by atoms with Crippen molar-refractivity contribution in [2.24, 2.45) is 0 Å². The predicted octanol–water partition coefficient (Wildman–Crippen LogP) is -1.17. The summed E-state index contributed by atoms with van der Waals surface area (Å²) in [6.07, 6.45) is -4.78. The number of nitrogens with one attached hydrogen (secondary N) is 1. The number of rotatable bonds is 2. The van der Waals surface area contributed by atoms with Crippen LogP contribution in [0.3, 0.4) is 0 Å². The SMILES string of the molecule is O=c1[nH]c(=O)n(C2OC(CO)C(O)C2(F)Cl)cc1F. The summed E-state index contributed by atoms with van der Waals surface area (Å²) >= 11 is 5.43. The van der Waals surface area contributed by atoms with Gasteiger partial charge in [-0.3, -0.25) is 14.3 Å². The van der Waals surface area contributed by atoms with Gasteiger partial charge in [0, 0.05) is 0 Å². The molecule has 0 aliphatic carbocycles. The molecule has 2 rings (SSSR count). The first-order valence-corrected chi connectivity index (χ1v) is 5.50. The summed E-state index contributed by atoms with van der Waals surface area (Å²) in [5.41, 5.74) is -2.44. The quantitative estimate of drug-likeness (QED) is 0.597. The minimum absolute atomic E-state index is 0.364. The van der Waals surface area contributed by atoms with Crippen LogP contribution in [0.1, 0.15) is 6.23 Å². The number of nitrogens with zero attached hydrogens (tertiary/aromatic N) is 1. The Morgan fingerprint density at radius 2 is 2.21 bits per heavy atom. The topological polar surface area (TPSA) is 105 Å². The Morgan fingerprint density at radius 1 is 1.58 bits per heavy atom. The number of hydrogen-bond acceptors (Lipinski definition) is 5. The van der Waals surface area contributed by atoms with Gasteiger partial charge in [0.2, 0.25) is 5.82 Å². The maximum Gasteiger partial charge on any atom is 0.330 e. The summed E-state index contributed by atoms with van der Waals surface area (Å²) in [7, 11) is 0. The molecule has 0 radical (unpaired) electrons. The van der Waals surface area contributed by atoms with Crippen LogP contribution in [0.25, 0.3) is 0 Å². The first-order chi connectivity index (χ1) is 8.78. The zero-order valence-electron chi connectivity index (χ0n) is 9.22. The Balaban J connectivity index is 2.51. The molecule has 4 atom stereocenters. The average molecular weight is 299 g/mol. The molecule has 3 N–H and O–H groups in total. The molecule has 0 spiro atoms. The lowest BCUT2D eigenvalue weighted by Gasteiger charge is -2.22. The van der Waals surface area contributed by atoms with E-state index < -0.39 is 47.2 Å². The minimum atomic E-state index is -2.96. The molecule has 2 heterocycles. The maximum absolute atomic E-state index is 14.1. The Hall–Kier alpha value is -1.29. The van der Waals surface area contributed by atoms with Gasteiger partial charge in [0.25, 0.3) is 10.7 Å². The second kappa shape index (κ2) is 4.67. The molecule has 10 heteroatoms. The molecule has 1 aromatic heterocycles. The molecule has 7 nitrogen and oxygen atoms in total. The number of hydrogen-bond donors (Lipinski definition) is 3. The van der Waals surface area contributed by atoms with Crippen LogP contribution in [0.15, 0.2) is 15.8 Å². The maximum atomic E-state index is 14.1. The highest BCUT2D eigenvalue weighted by Crippen LogP contribution is 2.43. The Labute approximate surface area is 109 Å². The third-order valence-corrected chi connectivity index (χ3v) is 3.15. The van der Waals surface area contributed by atoms with Gasteiger partial charge < -0.3 is 14.9 Å². The van der Waals surface area contributed by atoms with Crippen LogP contribution in [0.4, 0.5) is 8.78 Å². The van der Waals surface area contributed by atoms with Crippen LogP contribution < -0.4 is 11.2 Å². The van der Waals surface area contributed by atoms with E-state index in [0.717, 1.165) is 0 Å². The summed E-state index contributed by atoms with van der Waals surface area (Å²) in [6, 6.07) is 0. The molecule has 0 saturated carbocycles. The molecule has 19 heavy (non-hydrogen) atoms. The van der Waals surface area contributed by atoms with Crippen LogP contribution in [-0.2, 0) is 4.74 Å². The number of ether oxygens (including phenoxy) is 1.